The van der Waals surface area contributed by atoms with Gasteiger partial charge < -0.3 is 9.84 Å². The number of likely N-dealkylation sites (N-methyl/N-ethyl adjacent to an activating group) is 1. The molecule has 1 fully saturated rings. The number of rotatable bonds is 6. The van der Waals surface area contributed by atoms with Crippen LogP contribution >= 0.6 is 0 Å². The Labute approximate surface area is 159 Å². The summed E-state index contributed by atoms with van der Waals surface area (Å²) >= 11 is 0. The van der Waals surface area contributed by atoms with Gasteiger partial charge in [-0.3, -0.25) is 9.69 Å². The van der Waals surface area contributed by atoms with Crippen molar-refractivity contribution in [2.75, 3.05) is 33.8 Å². The summed E-state index contributed by atoms with van der Waals surface area (Å²) in [6.07, 6.45) is 1.98. The summed E-state index contributed by atoms with van der Waals surface area (Å²) in [4.78, 5) is 24.5. The lowest BCUT2D eigenvalue weighted by atomic mass is 10.1. The zero-order chi connectivity index (χ0) is 20.2. The van der Waals surface area contributed by atoms with Crippen LogP contribution in [0, 0.1) is 6.92 Å². The highest BCUT2D eigenvalue weighted by atomic mass is 32.2. The first kappa shape index (κ1) is 21.3. The van der Waals surface area contributed by atoms with E-state index >= 15 is 0 Å². The molecule has 0 aliphatic carbocycles. The Morgan fingerprint density at radius 1 is 1.30 bits per heavy atom. The molecule has 1 N–H and O–H groups in total. The van der Waals surface area contributed by atoms with Gasteiger partial charge in [-0.2, -0.15) is 4.31 Å². The Morgan fingerprint density at radius 3 is 2.59 bits per heavy atom. The Kier molecular flexibility index (Phi) is 6.96. The van der Waals surface area contributed by atoms with E-state index < -0.39 is 22.0 Å². The summed E-state index contributed by atoms with van der Waals surface area (Å²) in [6, 6.07) is 4.44. The molecule has 9 heteroatoms. The molecule has 2 rings (SSSR count). The van der Waals surface area contributed by atoms with Gasteiger partial charge in [0.25, 0.3) is 0 Å². The molecule has 0 aromatic heterocycles. The first-order chi connectivity index (χ1) is 12.7. The van der Waals surface area contributed by atoms with Crippen LogP contribution in [0.15, 0.2) is 23.1 Å². The summed E-state index contributed by atoms with van der Waals surface area (Å²) in [5.74, 6) is -1.41. The molecular weight excluding hydrogens is 372 g/mol. The number of carboxylic acid groups (broad SMARTS) is 1. The number of ether oxygens (including phenoxy) is 1. The van der Waals surface area contributed by atoms with Gasteiger partial charge in [-0.25, -0.2) is 13.2 Å². The number of sulfonamides is 1. The molecule has 0 amide bonds. The highest BCUT2D eigenvalue weighted by molar-refractivity contribution is 7.89. The van der Waals surface area contributed by atoms with E-state index in [-0.39, 0.29) is 17.5 Å². The molecule has 1 atom stereocenters. The quantitative estimate of drug-likeness (QED) is 0.721. The lowest BCUT2D eigenvalue weighted by molar-refractivity contribution is -0.138. The van der Waals surface area contributed by atoms with Crippen molar-refractivity contribution in [2.24, 2.45) is 0 Å². The second-order valence-corrected chi connectivity index (χ2v) is 8.68. The normalized spacial score (nSPS) is 18.9. The van der Waals surface area contributed by atoms with Crippen molar-refractivity contribution in [2.45, 2.75) is 37.1 Å². The zero-order valence-corrected chi connectivity index (χ0v) is 16.7. The largest absolute Gasteiger partial charge is 0.480 e. The van der Waals surface area contributed by atoms with Gasteiger partial charge in [-0.05, 0) is 57.0 Å². The van der Waals surface area contributed by atoms with Gasteiger partial charge in [0.2, 0.25) is 10.0 Å². The molecule has 1 unspecified atom stereocenters. The number of carbonyl (C=O) groups is 2. The van der Waals surface area contributed by atoms with E-state index in [9.17, 15) is 18.0 Å². The number of carboxylic acids is 1. The number of nitrogens with zero attached hydrogens (tertiary/aromatic N) is 2. The Balaban J connectivity index is 2.17. The van der Waals surface area contributed by atoms with Gasteiger partial charge in [-0.1, -0.05) is 0 Å². The molecule has 1 saturated heterocycles. The average molecular weight is 398 g/mol. The topological polar surface area (TPSA) is 104 Å². The minimum Gasteiger partial charge on any atom is -0.480 e. The maximum atomic E-state index is 13.1. The average Bonchev–Trinajstić information content (AvgIpc) is 2.86. The van der Waals surface area contributed by atoms with Crippen molar-refractivity contribution in [3.05, 3.63) is 29.3 Å². The third-order valence-corrected chi connectivity index (χ3v) is 6.94. The molecule has 1 aromatic rings. The molecular formula is C18H26N2O6S. The van der Waals surface area contributed by atoms with Gasteiger partial charge in [0.1, 0.15) is 0 Å². The van der Waals surface area contributed by atoms with Crippen LogP contribution in [0.25, 0.3) is 0 Å². The number of hydrogen-bond donors (Lipinski definition) is 1. The summed E-state index contributed by atoms with van der Waals surface area (Å²) in [5, 5.41) is 8.94. The van der Waals surface area contributed by atoms with Gasteiger partial charge in [0, 0.05) is 19.1 Å². The third-order valence-electron chi connectivity index (χ3n) is 4.88. The zero-order valence-electron chi connectivity index (χ0n) is 15.8. The summed E-state index contributed by atoms with van der Waals surface area (Å²) in [5.41, 5.74) is 0.793. The van der Waals surface area contributed by atoms with Crippen molar-refractivity contribution >= 4 is 22.0 Å². The number of aliphatic carboxylic acids is 1. The molecule has 27 heavy (non-hydrogen) atoms. The van der Waals surface area contributed by atoms with E-state index in [0.29, 0.717) is 37.1 Å². The minimum atomic E-state index is -3.69. The first-order valence-electron chi connectivity index (χ1n) is 8.78. The van der Waals surface area contributed by atoms with E-state index in [1.165, 1.54) is 29.6 Å². The molecule has 0 spiro atoms. The van der Waals surface area contributed by atoms with Gasteiger partial charge in [-0.15, -0.1) is 0 Å². The monoisotopic (exact) mass is 398 g/mol. The predicted molar refractivity (Wildman–Crippen MR) is 99.2 cm³/mol. The van der Waals surface area contributed by atoms with Gasteiger partial charge in [0.05, 0.1) is 24.1 Å². The predicted octanol–water partition coefficient (Wildman–Crippen LogP) is 1.34. The van der Waals surface area contributed by atoms with E-state index in [1.54, 1.807) is 18.9 Å². The van der Waals surface area contributed by atoms with Crippen molar-refractivity contribution in [1.29, 1.82) is 0 Å². The Morgan fingerprint density at radius 2 is 2.00 bits per heavy atom. The third kappa shape index (κ3) is 5.06. The van der Waals surface area contributed by atoms with Crippen molar-refractivity contribution in [3.63, 3.8) is 0 Å². The first-order valence-corrected chi connectivity index (χ1v) is 10.2. The van der Waals surface area contributed by atoms with Crippen LogP contribution in [0.4, 0.5) is 0 Å². The summed E-state index contributed by atoms with van der Waals surface area (Å²) in [6.45, 7) is 2.30. The maximum absolute atomic E-state index is 13.1. The number of aryl methyl sites for hydroxylation is 1. The highest BCUT2D eigenvalue weighted by Crippen LogP contribution is 2.25. The Hall–Kier alpha value is -1.97. The fourth-order valence-corrected chi connectivity index (χ4v) is 5.10. The standard InChI is InChI=1S/C18H26N2O6S/c1-13-11-14(18(23)26-3)6-7-16(13)27(24,25)20-9-4-5-15(8-10-20)19(2)12-17(21)22/h6-7,11,15H,4-5,8-10,12H2,1-3H3,(H,21,22). The number of methoxy groups -OCH3 is 1. The molecule has 1 aromatic carbocycles. The van der Waals surface area contributed by atoms with Crippen LogP contribution in [-0.4, -0.2) is 74.5 Å². The fraction of sp³-hybridized carbons (Fsp3) is 0.556. The molecule has 1 aliphatic rings. The second kappa shape index (κ2) is 8.81. The summed E-state index contributed by atoms with van der Waals surface area (Å²) < 4.78 is 32.2. The molecule has 0 radical (unpaired) electrons. The van der Waals surface area contributed by atoms with Crippen molar-refractivity contribution in [3.8, 4) is 0 Å². The number of carbonyl (C=O) groups excluding carboxylic acids is 1. The van der Waals surface area contributed by atoms with Crippen LogP contribution in [0.2, 0.25) is 0 Å². The van der Waals surface area contributed by atoms with Crippen LogP contribution in [-0.2, 0) is 19.6 Å². The molecule has 1 heterocycles. The second-order valence-electron chi connectivity index (χ2n) is 6.77. The van der Waals surface area contributed by atoms with E-state index in [0.717, 1.165) is 6.42 Å². The minimum absolute atomic E-state index is 0.0316. The maximum Gasteiger partial charge on any atom is 0.337 e. The highest BCUT2D eigenvalue weighted by Gasteiger charge is 2.30. The van der Waals surface area contributed by atoms with Crippen molar-refractivity contribution < 1.29 is 27.9 Å². The SMILES string of the molecule is COC(=O)c1ccc(S(=O)(=O)N2CCCC(N(C)CC(=O)O)CC2)c(C)c1. The van der Waals surface area contributed by atoms with E-state index in [1.807, 2.05) is 0 Å². The van der Waals surface area contributed by atoms with E-state index in [4.69, 9.17) is 5.11 Å². The number of benzene rings is 1. The van der Waals surface area contributed by atoms with Gasteiger partial charge in [0.15, 0.2) is 0 Å². The molecule has 8 nitrogen and oxygen atoms in total. The van der Waals surface area contributed by atoms with Crippen LogP contribution in [0.1, 0.15) is 35.2 Å². The molecule has 0 saturated carbocycles. The lowest BCUT2D eigenvalue weighted by Crippen LogP contribution is -2.37. The van der Waals surface area contributed by atoms with Crippen LogP contribution in [0.5, 0.6) is 0 Å². The summed E-state index contributed by atoms with van der Waals surface area (Å²) in [7, 11) is -0.667. The fourth-order valence-electron chi connectivity index (χ4n) is 3.40. The molecule has 150 valence electrons. The number of hydrogen-bond acceptors (Lipinski definition) is 6. The molecule has 1 aliphatic heterocycles. The molecule has 0 bridgehead atoms. The number of esters is 1. The Bertz CT molecular complexity index is 808. The van der Waals surface area contributed by atoms with Gasteiger partial charge >= 0.3 is 11.9 Å². The van der Waals surface area contributed by atoms with E-state index in [2.05, 4.69) is 4.74 Å². The van der Waals surface area contributed by atoms with Crippen molar-refractivity contribution in [1.82, 2.24) is 9.21 Å². The smallest absolute Gasteiger partial charge is 0.337 e. The van der Waals surface area contributed by atoms with Crippen LogP contribution in [0.3, 0.4) is 0 Å². The lowest BCUT2D eigenvalue weighted by Gasteiger charge is -2.25. The van der Waals surface area contributed by atoms with Crippen LogP contribution < -0.4 is 0 Å².